The molecule has 192 valence electrons. The molecule has 0 radical (unpaired) electrons. The first kappa shape index (κ1) is 25.2. The second-order valence-electron chi connectivity index (χ2n) is 10.2. The fraction of sp³-hybridized carbons (Fsp3) is 0.519. The number of benzene rings is 1. The Balaban J connectivity index is 1.41. The molecule has 0 atom stereocenters. The first-order valence-corrected chi connectivity index (χ1v) is 14.2. The second kappa shape index (κ2) is 10.9. The molecule has 0 unspecified atom stereocenters. The van der Waals surface area contributed by atoms with E-state index in [2.05, 4.69) is 53.6 Å². The average molecular weight is 527 g/mol. The van der Waals surface area contributed by atoms with Gasteiger partial charge in [-0.05, 0) is 61.8 Å². The van der Waals surface area contributed by atoms with Crippen molar-refractivity contribution in [3.05, 3.63) is 40.7 Å². The molecule has 2 fully saturated rings. The summed E-state index contributed by atoms with van der Waals surface area (Å²) in [6, 6.07) is 4.44. The van der Waals surface area contributed by atoms with Crippen molar-refractivity contribution in [1.29, 1.82) is 0 Å². The van der Waals surface area contributed by atoms with Gasteiger partial charge in [-0.3, -0.25) is 4.68 Å². The minimum absolute atomic E-state index is 0.304. The SMILES string of the molecule is Cc1cc(Nc2ncc(Cl)c(Nc3cn(C)nc3SC(C)C)n2)c(OC2CC2)cc1C1CCCCC1. The zero-order valence-electron chi connectivity index (χ0n) is 21.5. The third-order valence-corrected chi connectivity index (χ3v) is 7.89. The van der Waals surface area contributed by atoms with E-state index in [9.17, 15) is 0 Å². The van der Waals surface area contributed by atoms with Crippen LogP contribution in [0.4, 0.5) is 23.1 Å². The minimum Gasteiger partial charge on any atom is -0.488 e. The van der Waals surface area contributed by atoms with E-state index in [4.69, 9.17) is 21.3 Å². The lowest BCUT2D eigenvalue weighted by Crippen LogP contribution is -2.09. The Labute approximate surface area is 222 Å². The van der Waals surface area contributed by atoms with Gasteiger partial charge in [0, 0.05) is 18.5 Å². The molecule has 2 aliphatic carbocycles. The molecule has 0 aliphatic heterocycles. The molecular formula is C27H35ClN6OS. The van der Waals surface area contributed by atoms with Crippen molar-refractivity contribution >= 4 is 46.5 Å². The van der Waals surface area contributed by atoms with E-state index >= 15 is 0 Å². The van der Waals surface area contributed by atoms with Crippen LogP contribution in [0.15, 0.2) is 29.6 Å². The predicted molar refractivity (Wildman–Crippen MR) is 148 cm³/mol. The number of aryl methyl sites for hydroxylation is 2. The van der Waals surface area contributed by atoms with Crippen LogP contribution in [0, 0.1) is 6.92 Å². The van der Waals surface area contributed by atoms with E-state index in [-0.39, 0.29) is 0 Å². The zero-order valence-corrected chi connectivity index (χ0v) is 23.0. The minimum atomic E-state index is 0.304. The Morgan fingerprint density at radius 1 is 1.08 bits per heavy atom. The van der Waals surface area contributed by atoms with Gasteiger partial charge < -0.3 is 15.4 Å². The molecule has 2 aliphatic rings. The quantitative estimate of drug-likeness (QED) is 0.276. The Morgan fingerprint density at radius 2 is 1.86 bits per heavy atom. The summed E-state index contributed by atoms with van der Waals surface area (Å²) in [5, 5.41) is 13.1. The molecule has 1 aromatic carbocycles. The highest BCUT2D eigenvalue weighted by molar-refractivity contribution is 8.00. The molecule has 2 aromatic heterocycles. The Bertz CT molecular complexity index is 1220. The van der Waals surface area contributed by atoms with Gasteiger partial charge in [-0.1, -0.05) is 56.5 Å². The molecule has 0 bridgehead atoms. The van der Waals surface area contributed by atoms with Crippen molar-refractivity contribution in [2.75, 3.05) is 10.6 Å². The number of nitrogens with one attached hydrogen (secondary N) is 2. The number of halogens is 1. The lowest BCUT2D eigenvalue weighted by Gasteiger charge is -2.25. The molecule has 3 aromatic rings. The molecule has 0 saturated heterocycles. The van der Waals surface area contributed by atoms with Gasteiger partial charge in [0.25, 0.3) is 0 Å². The summed E-state index contributed by atoms with van der Waals surface area (Å²) in [5.74, 6) is 2.51. The maximum Gasteiger partial charge on any atom is 0.229 e. The van der Waals surface area contributed by atoms with Gasteiger partial charge in [0.15, 0.2) is 5.82 Å². The fourth-order valence-corrected chi connectivity index (χ4v) is 5.74. The van der Waals surface area contributed by atoms with Crippen LogP contribution < -0.4 is 15.4 Å². The first-order chi connectivity index (χ1) is 17.4. The van der Waals surface area contributed by atoms with Gasteiger partial charge in [0.05, 0.1) is 23.7 Å². The van der Waals surface area contributed by atoms with Gasteiger partial charge >= 0.3 is 0 Å². The smallest absolute Gasteiger partial charge is 0.229 e. The number of ether oxygens (including phenoxy) is 1. The molecule has 36 heavy (non-hydrogen) atoms. The third kappa shape index (κ3) is 6.09. The van der Waals surface area contributed by atoms with E-state index in [0.29, 0.717) is 34.1 Å². The summed E-state index contributed by atoms with van der Waals surface area (Å²) in [6.45, 7) is 6.49. The number of nitrogens with zero attached hydrogens (tertiary/aromatic N) is 4. The van der Waals surface area contributed by atoms with Crippen molar-refractivity contribution in [2.24, 2.45) is 7.05 Å². The summed E-state index contributed by atoms with van der Waals surface area (Å²) in [4.78, 5) is 9.16. The highest BCUT2D eigenvalue weighted by Gasteiger charge is 2.27. The number of hydrogen-bond acceptors (Lipinski definition) is 7. The van der Waals surface area contributed by atoms with E-state index in [1.165, 1.54) is 43.2 Å². The number of anilines is 4. The van der Waals surface area contributed by atoms with E-state index in [1.54, 1.807) is 22.6 Å². The van der Waals surface area contributed by atoms with Gasteiger partial charge in [-0.2, -0.15) is 10.1 Å². The van der Waals surface area contributed by atoms with Crippen LogP contribution >= 0.6 is 23.4 Å². The van der Waals surface area contributed by atoms with Crippen molar-refractivity contribution in [2.45, 2.75) is 88.0 Å². The summed E-state index contributed by atoms with van der Waals surface area (Å²) >= 11 is 8.17. The average Bonchev–Trinajstić information content (AvgIpc) is 3.60. The number of aromatic nitrogens is 4. The molecule has 2 saturated carbocycles. The summed E-state index contributed by atoms with van der Waals surface area (Å²) < 4.78 is 8.14. The van der Waals surface area contributed by atoms with Crippen LogP contribution in [0.25, 0.3) is 0 Å². The van der Waals surface area contributed by atoms with Gasteiger partial charge in [-0.15, -0.1) is 0 Å². The zero-order chi connectivity index (χ0) is 25.2. The fourth-order valence-electron chi connectivity index (χ4n) is 4.74. The molecule has 2 N–H and O–H groups in total. The van der Waals surface area contributed by atoms with Crippen LogP contribution in [-0.4, -0.2) is 31.1 Å². The second-order valence-corrected chi connectivity index (χ2v) is 12.2. The van der Waals surface area contributed by atoms with Crippen molar-refractivity contribution in [3.63, 3.8) is 0 Å². The van der Waals surface area contributed by atoms with Crippen LogP contribution in [0.5, 0.6) is 5.75 Å². The van der Waals surface area contributed by atoms with E-state index < -0.39 is 0 Å². The number of rotatable bonds is 9. The third-order valence-electron chi connectivity index (χ3n) is 6.62. The summed E-state index contributed by atoms with van der Waals surface area (Å²) in [7, 11) is 1.91. The summed E-state index contributed by atoms with van der Waals surface area (Å²) in [6.07, 6.45) is 12.6. The van der Waals surface area contributed by atoms with Crippen LogP contribution in [-0.2, 0) is 7.05 Å². The molecular weight excluding hydrogens is 492 g/mol. The van der Waals surface area contributed by atoms with Crippen molar-refractivity contribution in [3.8, 4) is 5.75 Å². The van der Waals surface area contributed by atoms with E-state index in [0.717, 1.165) is 35.0 Å². The molecule has 0 amide bonds. The summed E-state index contributed by atoms with van der Waals surface area (Å²) in [5.41, 5.74) is 4.46. The normalized spacial score (nSPS) is 16.4. The van der Waals surface area contributed by atoms with Crippen molar-refractivity contribution < 1.29 is 4.74 Å². The lowest BCUT2D eigenvalue weighted by atomic mass is 9.82. The van der Waals surface area contributed by atoms with Crippen molar-refractivity contribution in [1.82, 2.24) is 19.7 Å². The van der Waals surface area contributed by atoms with Crippen LogP contribution in [0.1, 0.15) is 75.8 Å². The molecule has 9 heteroatoms. The number of thioether (sulfide) groups is 1. The monoisotopic (exact) mass is 526 g/mol. The van der Waals surface area contributed by atoms with Gasteiger partial charge in [0.2, 0.25) is 5.95 Å². The molecule has 7 nitrogen and oxygen atoms in total. The topological polar surface area (TPSA) is 76.9 Å². The standard InChI is InChI=1S/C27H35ClN6OS/c1-16(2)36-26-23(15-34(4)33-26)30-25-21(28)14-29-27(32-25)31-22-12-17(3)20(18-8-6-5-7-9-18)13-24(22)35-19-10-11-19/h12-16,18-19H,5-11H2,1-4H3,(H2,29,30,31,32). The largest absolute Gasteiger partial charge is 0.488 e. The predicted octanol–water partition coefficient (Wildman–Crippen LogP) is 7.75. The first-order valence-electron chi connectivity index (χ1n) is 12.9. The van der Waals surface area contributed by atoms with Gasteiger partial charge in [0.1, 0.15) is 15.8 Å². The Morgan fingerprint density at radius 3 is 2.58 bits per heavy atom. The highest BCUT2D eigenvalue weighted by atomic mass is 35.5. The molecule has 5 rings (SSSR count). The van der Waals surface area contributed by atoms with Crippen LogP contribution in [0.3, 0.4) is 0 Å². The Kier molecular flexibility index (Phi) is 7.62. The van der Waals surface area contributed by atoms with Crippen LogP contribution in [0.2, 0.25) is 5.02 Å². The highest BCUT2D eigenvalue weighted by Crippen LogP contribution is 2.41. The molecule has 0 spiro atoms. The number of hydrogen-bond donors (Lipinski definition) is 2. The molecule has 2 heterocycles. The van der Waals surface area contributed by atoms with E-state index in [1.807, 2.05) is 13.2 Å². The van der Waals surface area contributed by atoms with Gasteiger partial charge in [-0.25, -0.2) is 4.98 Å². The maximum atomic E-state index is 6.48. The lowest BCUT2D eigenvalue weighted by molar-refractivity contribution is 0.304. The maximum absolute atomic E-state index is 6.48. The Hall–Kier alpha value is -2.45.